The number of H-pyrrole nitrogens is 1. The van der Waals surface area contributed by atoms with E-state index in [2.05, 4.69) is 39.9 Å². The van der Waals surface area contributed by atoms with Crippen LogP contribution in [-0.2, 0) is 19.4 Å². The molecule has 2 heterocycles. The van der Waals surface area contributed by atoms with Gasteiger partial charge in [-0.3, -0.25) is 9.89 Å². The Hall–Kier alpha value is -2.14. The Morgan fingerprint density at radius 1 is 1.26 bits per heavy atom. The summed E-state index contributed by atoms with van der Waals surface area (Å²) in [5, 5.41) is 13.4. The monoisotopic (exact) mass is 312 g/mol. The van der Waals surface area contributed by atoms with Crippen molar-refractivity contribution in [3.05, 3.63) is 46.8 Å². The first kappa shape index (κ1) is 15.7. The van der Waals surface area contributed by atoms with Gasteiger partial charge in [0.15, 0.2) is 5.69 Å². The van der Waals surface area contributed by atoms with E-state index in [0.717, 1.165) is 36.3 Å². The SMILES string of the molecule is CCCCCc1ccc(NC(=O)c2n[nH]c3c2CNCC3)cc1. The second-order valence-corrected chi connectivity index (χ2v) is 6.06. The lowest BCUT2D eigenvalue weighted by molar-refractivity contribution is 0.102. The zero-order valence-corrected chi connectivity index (χ0v) is 13.6. The third kappa shape index (κ3) is 3.79. The molecule has 5 heteroatoms. The number of rotatable bonds is 6. The van der Waals surface area contributed by atoms with Crippen molar-refractivity contribution >= 4 is 11.6 Å². The zero-order valence-electron chi connectivity index (χ0n) is 13.6. The average Bonchev–Trinajstić information content (AvgIpc) is 3.01. The highest BCUT2D eigenvalue weighted by Crippen LogP contribution is 2.18. The van der Waals surface area contributed by atoms with Crippen LogP contribution in [0.15, 0.2) is 24.3 Å². The molecule has 5 nitrogen and oxygen atoms in total. The Bertz CT molecular complexity index is 660. The van der Waals surface area contributed by atoms with Crippen LogP contribution in [0.5, 0.6) is 0 Å². The predicted molar refractivity (Wildman–Crippen MR) is 91.6 cm³/mol. The number of hydrogen-bond donors (Lipinski definition) is 3. The van der Waals surface area contributed by atoms with Gasteiger partial charge in [0.1, 0.15) is 0 Å². The van der Waals surface area contributed by atoms with Crippen LogP contribution in [0.25, 0.3) is 0 Å². The molecular weight excluding hydrogens is 288 g/mol. The lowest BCUT2D eigenvalue weighted by Gasteiger charge is -2.13. The van der Waals surface area contributed by atoms with Gasteiger partial charge >= 0.3 is 0 Å². The molecule has 0 fully saturated rings. The van der Waals surface area contributed by atoms with Crippen LogP contribution in [0.2, 0.25) is 0 Å². The number of hydrogen-bond acceptors (Lipinski definition) is 3. The van der Waals surface area contributed by atoms with Gasteiger partial charge in [0.2, 0.25) is 0 Å². The fourth-order valence-electron chi connectivity index (χ4n) is 2.94. The molecule has 1 aliphatic heterocycles. The highest BCUT2D eigenvalue weighted by molar-refractivity contribution is 6.04. The third-order valence-electron chi connectivity index (χ3n) is 4.30. The lowest BCUT2D eigenvalue weighted by atomic mass is 10.1. The molecule has 0 atom stereocenters. The van der Waals surface area contributed by atoms with Crippen molar-refractivity contribution in [2.24, 2.45) is 0 Å². The van der Waals surface area contributed by atoms with E-state index in [-0.39, 0.29) is 5.91 Å². The van der Waals surface area contributed by atoms with E-state index in [1.54, 1.807) is 0 Å². The standard InChI is InChI=1S/C18H24N4O/c1-2-3-4-5-13-6-8-14(9-7-13)20-18(23)17-15-12-19-11-10-16(15)21-22-17/h6-9,19H,2-5,10-12H2,1H3,(H,20,23)(H,21,22). The normalized spacial score (nSPS) is 13.6. The van der Waals surface area contributed by atoms with Crippen LogP contribution in [0.1, 0.15) is 53.5 Å². The highest BCUT2D eigenvalue weighted by atomic mass is 16.1. The largest absolute Gasteiger partial charge is 0.321 e. The molecule has 1 amide bonds. The number of benzene rings is 1. The first-order valence-electron chi connectivity index (χ1n) is 8.45. The number of aromatic nitrogens is 2. The maximum atomic E-state index is 12.4. The Labute approximate surface area is 136 Å². The Balaban J connectivity index is 1.62. The maximum absolute atomic E-state index is 12.4. The molecule has 0 radical (unpaired) electrons. The van der Waals surface area contributed by atoms with Gasteiger partial charge in [-0.2, -0.15) is 5.10 Å². The summed E-state index contributed by atoms with van der Waals surface area (Å²) in [6, 6.07) is 8.12. The Morgan fingerprint density at radius 2 is 2.09 bits per heavy atom. The van der Waals surface area contributed by atoms with Crippen molar-refractivity contribution in [2.75, 3.05) is 11.9 Å². The summed E-state index contributed by atoms with van der Waals surface area (Å²) in [6.45, 7) is 3.84. The van der Waals surface area contributed by atoms with Gasteiger partial charge in [-0.1, -0.05) is 31.9 Å². The van der Waals surface area contributed by atoms with Crippen molar-refractivity contribution in [1.29, 1.82) is 0 Å². The second kappa shape index (κ2) is 7.42. The number of anilines is 1. The third-order valence-corrected chi connectivity index (χ3v) is 4.30. The number of nitrogens with one attached hydrogen (secondary N) is 3. The first-order chi connectivity index (χ1) is 11.3. The van der Waals surface area contributed by atoms with Crippen molar-refractivity contribution in [3.63, 3.8) is 0 Å². The number of nitrogens with zero attached hydrogens (tertiary/aromatic N) is 1. The Morgan fingerprint density at radius 3 is 2.87 bits per heavy atom. The number of aromatic amines is 1. The molecule has 1 aromatic carbocycles. The summed E-state index contributed by atoms with van der Waals surface area (Å²) in [5.74, 6) is -0.148. The summed E-state index contributed by atoms with van der Waals surface area (Å²) in [6.07, 6.45) is 5.70. The molecule has 3 N–H and O–H groups in total. The van der Waals surface area contributed by atoms with Crippen LogP contribution >= 0.6 is 0 Å². The van der Waals surface area contributed by atoms with E-state index in [1.165, 1.54) is 24.8 Å². The smallest absolute Gasteiger partial charge is 0.276 e. The van der Waals surface area contributed by atoms with E-state index in [1.807, 2.05) is 12.1 Å². The van der Waals surface area contributed by atoms with E-state index in [0.29, 0.717) is 12.2 Å². The molecule has 122 valence electrons. The summed E-state index contributed by atoms with van der Waals surface area (Å²) >= 11 is 0. The fourth-order valence-corrected chi connectivity index (χ4v) is 2.94. The summed E-state index contributed by atoms with van der Waals surface area (Å²) in [7, 11) is 0. The van der Waals surface area contributed by atoms with Crippen molar-refractivity contribution < 1.29 is 4.79 Å². The lowest BCUT2D eigenvalue weighted by Crippen LogP contribution is -2.25. The first-order valence-corrected chi connectivity index (χ1v) is 8.45. The van der Waals surface area contributed by atoms with Gasteiger partial charge in [-0.25, -0.2) is 0 Å². The molecule has 2 aromatic rings. The van der Waals surface area contributed by atoms with Gasteiger partial charge in [0.05, 0.1) is 0 Å². The van der Waals surface area contributed by atoms with Gasteiger partial charge < -0.3 is 10.6 Å². The van der Waals surface area contributed by atoms with E-state index < -0.39 is 0 Å². The number of fused-ring (bicyclic) bond motifs is 1. The van der Waals surface area contributed by atoms with Gasteiger partial charge in [0.25, 0.3) is 5.91 Å². The minimum absolute atomic E-state index is 0.148. The molecule has 0 saturated heterocycles. The predicted octanol–water partition coefficient (Wildman–Crippen LogP) is 3.04. The molecule has 3 rings (SSSR count). The fraction of sp³-hybridized carbons (Fsp3) is 0.444. The van der Waals surface area contributed by atoms with Crippen molar-refractivity contribution in [3.8, 4) is 0 Å². The van der Waals surface area contributed by atoms with Crippen LogP contribution in [-0.4, -0.2) is 22.6 Å². The topological polar surface area (TPSA) is 69.8 Å². The molecular formula is C18H24N4O. The van der Waals surface area contributed by atoms with Crippen LogP contribution in [0.3, 0.4) is 0 Å². The molecule has 1 aliphatic rings. The van der Waals surface area contributed by atoms with Gasteiger partial charge in [-0.05, 0) is 30.5 Å². The van der Waals surface area contributed by atoms with Crippen molar-refractivity contribution in [2.45, 2.75) is 45.6 Å². The molecule has 0 aliphatic carbocycles. The Kier molecular flexibility index (Phi) is 5.08. The molecule has 0 unspecified atom stereocenters. The maximum Gasteiger partial charge on any atom is 0.276 e. The van der Waals surface area contributed by atoms with Crippen LogP contribution in [0.4, 0.5) is 5.69 Å². The molecule has 0 spiro atoms. The number of unbranched alkanes of at least 4 members (excludes halogenated alkanes) is 2. The summed E-state index contributed by atoms with van der Waals surface area (Å²) in [5.41, 5.74) is 4.69. The van der Waals surface area contributed by atoms with Gasteiger partial charge in [0, 0.05) is 36.5 Å². The van der Waals surface area contributed by atoms with Crippen LogP contribution in [0, 0.1) is 0 Å². The minimum atomic E-state index is -0.148. The van der Waals surface area contributed by atoms with Crippen molar-refractivity contribution in [1.82, 2.24) is 15.5 Å². The van der Waals surface area contributed by atoms with E-state index in [4.69, 9.17) is 0 Å². The summed E-state index contributed by atoms with van der Waals surface area (Å²) in [4.78, 5) is 12.4. The molecule has 0 saturated carbocycles. The zero-order chi connectivity index (χ0) is 16.1. The van der Waals surface area contributed by atoms with E-state index in [9.17, 15) is 4.79 Å². The number of carbonyl (C=O) groups excluding carboxylic acids is 1. The number of amides is 1. The highest BCUT2D eigenvalue weighted by Gasteiger charge is 2.21. The molecule has 23 heavy (non-hydrogen) atoms. The second-order valence-electron chi connectivity index (χ2n) is 6.06. The molecule has 1 aromatic heterocycles. The molecule has 0 bridgehead atoms. The summed E-state index contributed by atoms with van der Waals surface area (Å²) < 4.78 is 0. The number of carbonyl (C=O) groups is 1. The van der Waals surface area contributed by atoms with E-state index >= 15 is 0 Å². The average molecular weight is 312 g/mol. The minimum Gasteiger partial charge on any atom is -0.321 e. The van der Waals surface area contributed by atoms with Crippen LogP contribution < -0.4 is 10.6 Å². The number of aryl methyl sites for hydroxylation is 1. The quantitative estimate of drug-likeness (QED) is 0.718. The van der Waals surface area contributed by atoms with Gasteiger partial charge in [-0.15, -0.1) is 0 Å².